The lowest BCUT2D eigenvalue weighted by Crippen LogP contribution is -2.60. The van der Waals surface area contributed by atoms with E-state index in [9.17, 15) is 48.8 Å². The summed E-state index contributed by atoms with van der Waals surface area (Å²) >= 11 is 4.68. The van der Waals surface area contributed by atoms with Gasteiger partial charge in [0, 0.05) is 12.3 Å². The van der Waals surface area contributed by atoms with Crippen LogP contribution in [0.25, 0.3) is 0 Å². The van der Waals surface area contributed by atoms with E-state index in [4.69, 9.17) is 19.1 Å². The molecule has 0 aromatic carbocycles. The second-order valence-corrected chi connectivity index (χ2v) is 12.8. The molecule has 3 heterocycles. The highest BCUT2D eigenvalue weighted by atomic mass is 32.5. The van der Waals surface area contributed by atoms with Gasteiger partial charge in [-0.2, -0.15) is 0 Å². The van der Waals surface area contributed by atoms with Gasteiger partial charge < -0.3 is 54.6 Å². The number of phosphoric ester groups is 1. The maximum Gasteiger partial charge on any atom is 0.481 e. The average molecular weight is 627 g/mol. The third-order valence-electron chi connectivity index (χ3n) is 5.81. The van der Waals surface area contributed by atoms with E-state index in [2.05, 4.69) is 26.0 Å². The van der Waals surface area contributed by atoms with Gasteiger partial charge in [0.05, 0.1) is 19.3 Å². The number of H-pyrrole nitrogens is 1. The Morgan fingerprint density at radius 3 is 2.44 bits per heavy atom. The minimum atomic E-state index is -5.48. The van der Waals surface area contributed by atoms with Gasteiger partial charge in [0.25, 0.3) is 5.56 Å². The topological polar surface area (TPSA) is 272 Å². The van der Waals surface area contributed by atoms with Crippen LogP contribution >= 0.6 is 14.5 Å². The van der Waals surface area contributed by atoms with Gasteiger partial charge in [-0.3, -0.25) is 18.9 Å². The van der Waals surface area contributed by atoms with E-state index in [0.29, 0.717) is 0 Å². The quantitative estimate of drug-likeness (QED) is 0.105. The summed E-state index contributed by atoms with van der Waals surface area (Å²) in [6.45, 7) is -6.59. The molecule has 0 spiro atoms. The molecule has 224 valence electrons. The summed E-state index contributed by atoms with van der Waals surface area (Å²) in [5, 5.41) is 51.9. The molecule has 0 radical (unpaired) electrons. The first-order valence-corrected chi connectivity index (χ1v) is 15.2. The summed E-state index contributed by atoms with van der Waals surface area (Å²) < 4.78 is 51.7. The van der Waals surface area contributed by atoms with Crippen molar-refractivity contribution in [3.63, 3.8) is 0 Å². The minimum Gasteiger partial charge on any atom is -0.393 e. The Balaban J connectivity index is 1.65. The van der Waals surface area contributed by atoms with Crippen LogP contribution in [-0.4, -0.2) is 120 Å². The van der Waals surface area contributed by atoms with Crippen molar-refractivity contribution in [1.82, 2.24) is 14.9 Å². The molecule has 2 aliphatic heterocycles. The van der Waals surface area contributed by atoms with Crippen molar-refractivity contribution in [2.45, 2.75) is 61.4 Å². The molecule has 9 N–H and O–H groups in total. The fraction of sp³-hybridized carbons (Fsp3) is 0.765. The van der Waals surface area contributed by atoms with Crippen LogP contribution in [0.2, 0.25) is 0 Å². The predicted octanol–water partition coefficient (Wildman–Crippen LogP) is -4.11. The van der Waals surface area contributed by atoms with Gasteiger partial charge in [0.1, 0.15) is 36.6 Å². The number of aromatic amines is 1. The first kappa shape index (κ1) is 32.5. The summed E-state index contributed by atoms with van der Waals surface area (Å²) in [7, 11) is -4.04. The number of aliphatic hydroxyl groups is 5. The second-order valence-electron chi connectivity index (χ2n) is 8.45. The normalized spacial score (nSPS) is 37.2. The summed E-state index contributed by atoms with van der Waals surface area (Å²) in [5.41, 5.74) is -1.52. The van der Waals surface area contributed by atoms with Crippen LogP contribution in [0.1, 0.15) is 6.23 Å². The molecule has 39 heavy (non-hydrogen) atoms. The van der Waals surface area contributed by atoms with Crippen LogP contribution in [0.5, 0.6) is 0 Å². The lowest BCUT2D eigenvalue weighted by molar-refractivity contribution is -0.287. The molecule has 0 saturated carbocycles. The molecular weight excluding hydrogens is 599 g/mol. The van der Waals surface area contributed by atoms with Crippen LogP contribution in [0.15, 0.2) is 21.9 Å². The number of aliphatic hydroxyl groups excluding tert-OH is 5. The van der Waals surface area contributed by atoms with Crippen LogP contribution in [0.4, 0.5) is 4.39 Å². The summed E-state index contributed by atoms with van der Waals surface area (Å²) in [4.78, 5) is 45.8. The Hall–Kier alpha value is -1.03. The smallest absolute Gasteiger partial charge is 0.393 e. The number of phosphoric acid groups is 1. The van der Waals surface area contributed by atoms with Gasteiger partial charge >= 0.3 is 20.2 Å². The molecule has 0 bridgehead atoms. The zero-order valence-electron chi connectivity index (χ0n) is 19.9. The molecule has 1 aromatic rings. The largest absolute Gasteiger partial charge is 0.481 e. The number of hydrogen-bond acceptors (Lipinski definition) is 15. The third-order valence-corrected chi connectivity index (χ3v) is 9.33. The minimum absolute atomic E-state index is 0.672. The number of ether oxygens (including phenoxy) is 2. The number of halogens is 1. The van der Waals surface area contributed by atoms with E-state index in [1.807, 2.05) is 4.98 Å². The zero-order chi connectivity index (χ0) is 29.3. The first-order chi connectivity index (χ1) is 18.1. The Bertz CT molecular complexity index is 1210. The van der Waals surface area contributed by atoms with Crippen molar-refractivity contribution in [1.29, 1.82) is 0 Å². The highest BCUT2D eigenvalue weighted by Gasteiger charge is 2.50. The van der Waals surface area contributed by atoms with Gasteiger partial charge in [-0.15, -0.1) is 0 Å². The standard InChI is InChI=1S/C17H28FN3O15P2S/c1-19-9-10(24)7(33-15(9)21-3-2-8(23)20-17(21)28)5-32-38(31,39)36-37(29,30)35-16-13(27)11(25)12(26)14(34-16)6(18)4-22/h2-3,6-7,9-16,19,22,24-27H,4-5H2,1H3,(H,29,30)(H,31,39)(H,20,23,28)/t6-,7+,9+,10+,11?,12?,13?,14?,15+,16?,38?/m0/s1. The molecule has 1 aromatic heterocycles. The van der Waals surface area contributed by atoms with E-state index in [-0.39, 0.29) is 0 Å². The molecular formula is C17H28FN3O15P2S. The molecule has 3 rings (SSSR count). The summed E-state index contributed by atoms with van der Waals surface area (Å²) in [6, 6.07) is 0.116. The van der Waals surface area contributed by atoms with E-state index >= 15 is 0 Å². The van der Waals surface area contributed by atoms with Crippen molar-refractivity contribution < 1.29 is 67.1 Å². The lowest BCUT2D eigenvalue weighted by Gasteiger charge is -2.41. The monoisotopic (exact) mass is 627 g/mol. The van der Waals surface area contributed by atoms with Crippen LogP contribution < -0.4 is 16.6 Å². The predicted molar refractivity (Wildman–Crippen MR) is 127 cm³/mol. The van der Waals surface area contributed by atoms with Crippen molar-refractivity contribution in [3.05, 3.63) is 33.1 Å². The molecule has 7 unspecified atom stereocenters. The molecule has 2 fully saturated rings. The average Bonchev–Trinajstić information content (AvgIpc) is 3.16. The molecule has 0 aliphatic carbocycles. The SMILES string of the molecule is CN[C@@H]1[C@H](O)[C@@H](COP(O)(=S)OP(=O)(O)OC2OC([C@@H](F)CO)C(O)C(O)C2O)O[C@H]1n1ccc(=O)[nH]c1=O. The number of nitrogens with zero attached hydrogens (tertiary/aromatic N) is 1. The van der Waals surface area contributed by atoms with Gasteiger partial charge in [-0.05, 0) is 18.9 Å². The molecule has 2 aliphatic rings. The van der Waals surface area contributed by atoms with E-state index < -0.39 is 100 Å². The highest BCUT2D eigenvalue weighted by molar-refractivity contribution is 8.08. The number of aromatic nitrogens is 2. The van der Waals surface area contributed by atoms with E-state index in [1.165, 1.54) is 7.05 Å². The van der Waals surface area contributed by atoms with Gasteiger partial charge in [0.2, 0.25) is 0 Å². The van der Waals surface area contributed by atoms with Gasteiger partial charge in [-0.25, -0.2) is 18.1 Å². The number of alkyl halides is 1. The molecule has 18 nitrogen and oxygen atoms in total. The summed E-state index contributed by atoms with van der Waals surface area (Å²) in [5.74, 6) is 0. The van der Waals surface area contributed by atoms with Crippen LogP contribution in [0.3, 0.4) is 0 Å². The van der Waals surface area contributed by atoms with Crippen molar-refractivity contribution in [2.75, 3.05) is 20.3 Å². The maximum absolute atomic E-state index is 13.9. The Labute approximate surface area is 223 Å². The lowest BCUT2D eigenvalue weighted by atomic mass is 9.96. The molecule has 2 saturated heterocycles. The van der Waals surface area contributed by atoms with Crippen molar-refractivity contribution in [3.8, 4) is 0 Å². The number of nitrogens with one attached hydrogen (secondary N) is 2. The van der Waals surface area contributed by atoms with Crippen LogP contribution in [0, 0.1) is 0 Å². The molecule has 22 heteroatoms. The fourth-order valence-electron chi connectivity index (χ4n) is 3.90. The maximum atomic E-state index is 13.9. The Kier molecular flexibility index (Phi) is 10.7. The van der Waals surface area contributed by atoms with Crippen molar-refractivity contribution in [2.24, 2.45) is 0 Å². The molecule has 12 atom stereocenters. The number of likely N-dealkylation sites (N-methyl/N-ethyl adjacent to an activating group) is 1. The molecule has 0 amide bonds. The van der Waals surface area contributed by atoms with Crippen LogP contribution in [-0.2, 0) is 39.2 Å². The van der Waals surface area contributed by atoms with Gasteiger partial charge in [0.15, 0.2) is 18.7 Å². The van der Waals surface area contributed by atoms with Gasteiger partial charge in [-0.1, -0.05) is 0 Å². The van der Waals surface area contributed by atoms with Crippen molar-refractivity contribution >= 4 is 26.3 Å². The first-order valence-electron chi connectivity index (χ1n) is 11.1. The Morgan fingerprint density at radius 2 is 1.85 bits per heavy atom. The Morgan fingerprint density at radius 1 is 1.18 bits per heavy atom. The number of rotatable bonds is 11. The number of hydrogen-bond donors (Lipinski definition) is 9. The zero-order valence-corrected chi connectivity index (χ0v) is 22.5. The summed E-state index contributed by atoms with van der Waals surface area (Å²) in [6.07, 6.45) is -15.6. The third kappa shape index (κ3) is 7.63. The van der Waals surface area contributed by atoms with E-state index in [1.54, 1.807) is 0 Å². The van der Waals surface area contributed by atoms with E-state index in [0.717, 1.165) is 16.8 Å². The fourth-order valence-corrected chi connectivity index (χ4v) is 7.00. The second kappa shape index (κ2) is 12.9. The highest BCUT2D eigenvalue weighted by Crippen LogP contribution is 2.61.